The van der Waals surface area contributed by atoms with Gasteiger partial charge in [-0.25, -0.2) is 0 Å². The maximum Gasteiger partial charge on any atom is 0.245 e. The number of hydrogen-bond acceptors (Lipinski definition) is 5. The fourth-order valence-electron chi connectivity index (χ4n) is 4.98. The number of nitrogens with two attached hydrogens (primary N) is 1. The number of benzene rings is 3. The summed E-state index contributed by atoms with van der Waals surface area (Å²) in [6.45, 7) is 8.26. The molecule has 1 aliphatic rings. The summed E-state index contributed by atoms with van der Waals surface area (Å²) >= 11 is 0. The van der Waals surface area contributed by atoms with E-state index in [1.165, 1.54) is 5.56 Å². The third-order valence-corrected chi connectivity index (χ3v) is 7.22. The standard InChI is InChI=1S/C33H42N4O3/c1-25(2)21-30(34)32(38)35-31(22-26-13-15-29(16-14-26)40-24-28-11-7-4-8-12-28)33(39)37-19-17-36(18-20-37)23-27-9-5-3-6-10-27/h3-16,25,30-31H,17-24,34H2,1-2H3,(H,35,38). The first-order valence-corrected chi connectivity index (χ1v) is 14.2. The van der Waals surface area contributed by atoms with Gasteiger partial charge in [-0.2, -0.15) is 0 Å². The number of amides is 2. The Hall–Kier alpha value is -3.68. The Labute approximate surface area is 238 Å². The van der Waals surface area contributed by atoms with Gasteiger partial charge in [-0.1, -0.05) is 86.6 Å². The molecule has 1 heterocycles. The first-order chi connectivity index (χ1) is 19.4. The molecule has 0 spiro atoms. The van der Waals surface area contributed by atoms with Crippen LogP contribution in [0.4, 0.5) is 0 Å². The molecular formula is C33H42N4O3. The molecule has 0 radical (unpaired) electrons. The fraction of sp³-hybridized carbons (Fsp3) is 0.394. The smallest absolute Gasteiger partial charge is 0.245 e. The Kier molecular flexibility index (Phi) is 10.7. The number of ether oxygens (including phenoxy) is 1. The van der Waals surface area contributed by atoms with Crippen LogP contribution in [0.3, 0.4) is 0 Å². The molecule has 0 aliphatic carbocycles. The lowest BCUT2D eigenvalue weighted by Gasteiger charge is -2.36. The van der Waals surface area contributed by atoms with E-state index in [2.05, 4.69) is 22.3 Å². The summed E-state index contributed by atoms with van der Waals surface area (Å²) in [4.78, 5) is 30.9. The third kappa shape index (κ3) is 8.93. The first-order valence-electron chi connectivity index (χ1n) is 14.2. The van der Waals surface area contributed by atoms with Crippen molar-refractivity contribution < 1.29 is 14.3 Å². The summed E-state index contributed by atoms with van der Waals surface area (Å²) in [6.07, 6.45) is 0.959. The molecule has 4 rings (SSSR count). The number of hydrogen-bond donors (Lipinski definition) is 2. The van der Waals surface area contributed by atoms with Crippen molar-refractivity contribution in [2.75, 3.05) is 26.2 Å². The summed E-state index contributed by atoms with van der Waals surface area (Å²) in [6, 6.07) is 26.8. The van der Waals surface area contributed by atoms with Crippen LogP contribution >= 0.6 is 0 Å². The van der Waals surface area contributed by atoms with Crippen molar-refractivity contribution in [2.24, 2.45) is 11.7 Å². The quantitative estimate of drug-likeness (QED) is 0.361. The predicted octanol–water partition coefficient (Wildman–Crippen LogP) is 4.01. The second-order valence-electron chi connectivity index (χ2n) is 11.0. The van der Waals surface area contributed by atoms with Gasteiger partial charge >= 0.3 is 0 Å². The molecule has 1 fully saturated rings. The Morgan fingerprint density at radius 1 is 0.825 bits per heavy atom. The van der Waals surface area contributed by atoms with Crippen molar-refractivity contribution in [3.8, 4) is 5.75 Å². The summed E-state index contributed by atoms with van der Waals surface area (Å²) in [5, 5.41) is 2.98. The predicted molar refractivity (Wildman–Crippen MR) is 159 cm³/mol. The van der Waals surface area contributed by atoms with Gasteiger partial charge in [0.05, 0.1) is 6.04 Å². The topological polar surface area (TPSA) is 87.9 Å². The highest BCUT2D eigenvalue weighted by atomic mass is 16.5. The highest BCUT2D eigenvalue weighted by molar-refractivity contribution is 5.90. The van der Waals surface area contributed by atoms with Crippen LogP contribution in [0, 0.1) is 5.92 Å². The van der Waals surface area contributed by atoms with Gasteiger partial charge in [0.25, 0.3) is 0 Å². The van der Waals surface area contributed by atoms with Crippen LogP contribution in [0.15, 0.2) is 84.9 Å². The Morgan fingerprint density at radius 3 is 2.02 bits per heavy atom. The van der Waals surface area contributed by atoms with Crippen LogP contribution in [0.25, 0.3) is 0 Å². The van der Waals surface area contributed by atoms with E-state index in [4.69, 9.17) is 10.5 Å². The summed E-state index contributed by atoms with van der Waals surface area (Å²) < 4.78 is 5.91. The second kappa shape index (κ2) is 14.6. The average Bonchev–Trinajstić information content (AvgIpc) is 2.97. The molecule has 1 saturated heterocycles. The molecule has 3 aromatic rings. The molecule has 0 aromatic heterocycles. The van der Waals surface area contributed by atoms with Crippen molar-refractivity contribution in [1.29, 1.82) is 0 Å². The average molecular weight is 543 g/mol. The second-order valence-corrected chi connectivity index (χ2v) is 11.0. The third-order valence-electron chi connectivity index (χ3n) is 7.22. The molecular weight excluding hydrogens is 500 g/mol. The number of rotatable bonds is 12. The summed E-state index contributed by atoms with van der Waals surface area (Å²) in [5.74, 6) is 0.704. The minimum Gasteiger partial charge on any atom is -0.489 e. The lowest BCUT2D eigenvalue weighted by atomic mass is 10.0. The first kappa shape index (κ1) is 29.3. The van der Waals surface area contributed by atoms with Crippen molar-refractivity contribution in [2.45, 2.75) is 51.9 Å². The molecule has 212 valence electrons. The van der Waals surface area contributed by atoms with E-state index in [9.17, 15) is 9.59 Å². The van der Waals surface area contributed by atoms with E-state index in [1.807, 2.05) is 91.5 Å². The Bertz CT molecular complexity index is 1190. The van der Waals surface area contributed by atoms with Gasteiger partial charge in [0.2, 0.25) is 11.8 Å². The molecule has 2 unspecified atom stereocenters. The van der Waals surface area contributed by atoms with Crippen LogP contribution < -0.4 is 15.8 Å². The molecule has 40 heavy (non-hydrogen) atoms. The van der Waals surface area contributed by atoms with Gasteiger partial charge in [-0.3, -0.25) is 14.5 Å². The molecule has 1 aliphatic heterocycles. The monoisotopic (exact) mass is 542 g/mol. The van der Waals surface area contributed by atoms with Crippen LogP contribution in [0.2, 0.25) is 0 Å². The molecule has 3 aromatic carbocycles. The molecule has 0 saturated carbocycles. The number of nitrogens with zero attached hydrogens (tertiary/aromatic N) is 2. The van der Waals surface area contributed by atoms with Gasteiger partial charge in [-0.15, -0.1) is 0 Å². The molecule has 7 heteroatoms. The number of carbonyl (C=O) groups is 2. The highest BCUT2D eigenvalue weighted by Crippen LogP contribution is 2.17. The largest absolute Gasteiger partial charge is 0.489 e. The highest BCUT2D eigenvalue weighted by Gasteiger charge is 2.30. The lowest BCUT2D eigenvalue weighted by molar-refractivity contribution is -0.138. The van der Waals surface area contributed by atoms with Crippen molar-refractivity contribution in [3.63, 3.8) is 0 Å². The fourth-order valence-corrected chi connectivity index (χ4v) is 4.98. The normalized spacial score (nSPS) is 15.4. The van der Waals surface area contributed by atoms with E-state index < -0.39 is 12.1 Å². The van der Waals surface area contributed by atoms with Gasteiger partial charge < -0.3 is 20.7 Å². The Morgan fingerprint density at radius 2 is 1.43 bits per heavy atom. The zero-order chi connectivity index (χ0) is 28.3. The molecule has 3 N–H and O–H groups in total. The minimum atomic E-state index is -0.678. The summed E-state index contributed by atoms with van der Waals surface area (Å²) in [5.41, 5.74) is 9.49. The number of nitrogens with one attached hydrogen (secondary N) is 1. The van der Waals surface area contributed by atoms with Gasteiger partial charge in [0, 0.05) is 39.1 Å². The van der Waals surface area contributed by atoms with Crippen molar-refractivity contribution >= 4 is 11.8 Å². The molecule has 2 atom stereocenters. The lowest BCUT2D eigenvalue weighted by Crippen LogP contribution is -2.57. The van der Waals surface area contributed by atoms with Crippen molar-refractivity contribution in [1.82, 2.24) is 15.1 Å². The van der Waals surface area contributed by atoms with Crippen molar-refractivity contribution in [3.05, 3.63) is 102 Å². The molecule has 2 amide bonds. The minimum absolute atomic E-state index is 0.0612. The van der Waals surface area contributed by atoms with E-state index in [0.29, 0.717) is 32.5 Å². The van der Waals surface area contributed by atoms with Gasteiger partial charge in [0.15, 0.2) is 0 Å². The Balaban J connectivity index is 1.38. The maximum absolute atomic E-state index is 13.7. The zero-order valence-electron chi connectivity index (χ0n) is 23.7. The summed E-state index contributed by atoms with van der Waals surface area (Å²) in [7, 11) is 0. The van der Waals surface area contributed by atoms with Crippen LogP contribution in [0.5, 0.6) is 5.75 Å². The SMILES string of the molecule is CC(C)CC(N)C(=O)NC(Cc1ccc(OCc2ccccc2)cc1)C(=O)N1CCN(Cc2ccccc2)CC1. The van der Waals surface area contributed by atoms with Gasteiger partial charge in [0.1, 0.15) is 18.4 Å². The van der Waals surface area contributed by atoms with E-state index in [1.54, 1.807) is 0 Å². The molecule has 0 bridgehead atoms. The van der Waals surface area contributed by atoms with Crippen LogP contribution in [-0.4, -0.2) is 59.9 Å². The van der Waals surface area contributed by atoms with E-state index >= 15 is 0 Å². The molecule has 7 nitrogen and oxygen atoms in total. The zero-order valence-corrected chi connectivity index (χ0v) is 23.7. The van der Waals surface area contributed by atoms with Crippen LogP contribution in [-0.2, 0) is 29.2 Å². The van der Waals surface area contributed by atoms with Crippen LogP contribution in [0.1, 0.15) is 37.0 Å². The van der Waals surface area contributed by atoms with Gasteiger partial charge in [-0.05, 0) is 41.2 Å². The maximum atomic E-state index is 13.7. The van der Waals surface area contributed by atoms with E-state index in [0.717, 1.165) is 36.5 Å². The van der Waals surface area contributed by atoms with E-state index in [-0.39, 0.29) is 17.7 Å². The number of carbonyl (C=O) groups excluding carboxylic acids is 2. The number of piperazine rings is 1.